The molecule has 0 aliphatic carbocycles. The van der Waals surface area contributed by atoms with Crippen molar-refractivity contribution in [2.45, 2.75) is 134 Å². The fourth-order valence-corrected chi connectivity index (χ4v) is 8.71. The lowest BCUT2D eigenvalue weighted by Gasteiger charge is -2.47. The van der Waals surface area contributed by atoms with Crippen LogP contribution in [-0.2, 0) is 39.8 Å². The number of aliphatic hydroxyl groups excluding tert-OH is 1. The largest absolute Gasteiger partial charge is 0.458 e. The number of ketones is 1. The Bertz CT molecular complexity index is 1690. The third-order valence-corrected chi connectivity index (χ3v) is 12.1. The van der Waals surface area contributed by atoms with E-state index in [9.17, 15) is 19.5 Å². The molecule has 3 fully saturated rings. The molecular weight excluding hydrogens is 748 g/mol. The van der Waals surface area contributed by atoms with E-state index in [2.05, 4.69) is 32.8 Å². The topological polar surface area (TPSA) is 192 Å². The summed E-state index contributed by atoms with van der Waals surface area (Å²) < 4.78 is 37.2. The minimum Gasteiger partial charge on any atom is -0.458 e. The summed E-state index contributed by atoms with van der Waals surface area (Å²) in [5, 5.41) is 21.7. The number of Topliss-reactive ketones (excluding diaryl/α,β-unsaturated/α-hetero) is 1. The lowest BCUT2D eigenvalue weighted by atomic mass is 9.78. The summed E-state index contributed by atoms with van der Waals surface area (Å²) in [6, 6.07) is 6.56. The standard InChI is InChI=1S/C42H64N6O10/c1-11-32-42(7)36(47-40(52)58-42)27(5)46-20-24(2)19-41(6,53-10)37(25(3)34(49)26(4)38(51)56-32)57-39-35(50)31(48(8)9)18-30(55-39)22-44-21-28-13-12-14-29(17-28)54-33-23-43-15-16-45-33/h12-17,23-27,30-32,35-37,39,44,46,50H,11,18-22H2,1-10H3,(H,47,52)/t24-,25+,26?,27-,30?,31?,32-,35?,36-,37-,39+,41-,42-/m1/s1. The first-order chi connectivity index (χ1) is 27.5. The van der Waals surface area contributed by atoms with Crippen LogP contribution in [-0.4, -0.2) is 132 Å². The highest BCUT2D eigenvalue weighted by Gasteiger charge is 2.55. The summed E-state index contributed by atoms with van der Waals surface area (Å²) in [5.41, 5.74) is -1.27. The molecule has 3 aliphatic heterocycles. The number of carbonyl (C=O) groups is 3. The summed E-state index contributed by atoms with van der Waals surface area (Å²) in [6.07, 6.45) is 1.09. The fourth-order valence-electron chi connectivity index (χ4n) is 8.71. The molecule has 1 aromatic heterocycles. The van der Waals surface area contributed by atoms with Crippen molar-refractivity contribution in [2.24, 2.45) is 17.8 Å². The fraction of sp³-hybridized carbons (Fsp3) is 0.690. The Morgan fingerprint density at radius 2 is 1.86 bits per heavy atom. The molecule has 58 heavy (non-hydrogen) atoms. The first kappa shape index (κ1) is 45.3. The molecule has 322 valence electrons. The second-order valence-corrected chi connectivity index (χ2v) is 16.8. The molecule has 2 aromatic rings. The molecule has 4 unspecified atom stereocenters. The Kier molecular flexibility index (Phi) is 15.3. The van der Waals surface area contributed by atoms with E-state index in [1.165, 1.54) is 6.92 Å². The number of esters is 1. The van der Waals surface area contributed by atoms with Crippen molar-refractivity contribution in [3.63, 3.8) is 0 Å². The minimum atomic E-state index is -1.19. The summed E-state index contributed by atoms with van der Waals surface area (Å²) in [5.74, 6) is -2.21. The van der Waals surface area contributed by atoms with Crippen LogP contribution in [0.3, 0.4) is 0 Å². The number of benzene rings is 1. The van der Waals surface area contributed by atoms with E-state index in [-0.39, 0.29) is 24.1 Å². The van der Waals surface area contributed by atoms with Crippen LogP contribution in [0.25, 0.3) is 0 Å². The lowest BCUT2D eigenvalue weighted by molar-refractivity contribution is -0.297. The van der Waals surface area contributed by atoms with Crippen LogP contribution < -0.4 is 20.7 Å². The van der Waals surface area contributed by atoms with Crippen LogP contribution in [0.2, 0.25) is 0 Å². The predicted molar refractivity (Wildman–Crippen MR) is 214 cm³/mol. The number of hydrogen-bond acceptors (Lipinski definition) is 15. The van der Waals surface area contributed by atoms with Gasteiger partial charge in [0.25, 0.3) is 0 Å². The molecule has 5 rings (SSSR count). The molecular formula is C42H64N6O10. The van der Waals surface area contributed by atoms with Gasteiger partial charge in [0.05, 0.1) is 30.0 Å². The van der Waals surface area contributed by atoms with Gasteiger partial charge in [-0.3, -0.25) is 14.6 Å². The van der Waals surface area contributed by atoms with Gasteiger partial charge in [-0.1, -0.05) is 32.9 Å². The van der Waals surface area contributed by atoms with Gasteiger partial charge in [0.2, 0.25) is 5.88 Å². The van der Waals surface area contributed by atoms with Crippen LogP contribution in [0, 0.1) is 17.8 Å². The van der Waals surface area contributed by atoms with Gasteiger partial charge in [0.1, 0.15) is 23.9 Å². The third kappa shape index (κ3) is 10.5. The molecule has 0 spiro atoms. The Morgan fingerprint density at radius 3 is 2.53 bits per heavy atom. The van der Waals surface area contributed by atoms with E-state index in [1.807, 2.05) is 64.0 Å². The number of nitrogens with zero attached hydrogens (tertiary/aromatic N) is 3. The van der Waals surface area contributed by atoms with Gasteiger partial charge in [-0.15, -0.1) is 0 Å². The Labute approximate surface area is 342 Å². The zero-order valence-electron chi connectivity index (χ0n) is 35.6. The number of nitrogens with one attached hydrogen (secondary N) is 3. The highest BCUT2D eigenvalue weighted by atomic mass is 16.7. The van der Waals surface area contributed by atoms with Gasteiger partial charge >= 0.3 is 12.1 Å². The summed E-state index contributed by atoms with van der Waals surface area (Å²) >= 11 is 0. The minimum absolute atomic E-state index is 0.0133. The van der Waals surface area contributed by atoms with Gasteiger partial charge < -0.3 is 54.4 Å². The molecule has 1 amide bonds. The lowest BCUT2D eigenvalue weighted by Crippen LogP contribution is -2.60. The Balaban J connectivity index is 1.37. The maximum atomic E-state index is 14.4. The van der Waals surface area contributed by atoms with Crippen molar-refractivity contribution >= 4 is 17.8 Å². The summed E-state index contributed by atoms with van der Waals surface area (Å²) in [4.78, 5) is 50.9. The first-order valence-electron chi connectivity index (χ1n) is 20.4. The SMILES string of the molecule is CC[C@H]1OC(=O)C(C)C(=O)[C@H](C)[C@@H](O[C@@H]2OC(CNCc3cccc(Oc4cnccn4)c3)CC(N(C)C)C2O)[C@](C)(OC)C[C@@H](C)CN[C@H](C)[C@H]2NC(=O)O[C@@]21C. The molecule has 16 heteroatoms. The number of rotatable bonds is 11. The number of methoxy groups -OCH3 is 1. The molecule has 16 nitrogen and oxygen atoms in total. The smallest absolute Gasteiger partial charge is 0.408 e. The van der Waals surface area contributed by atoms with E-state index in [0.717, 1.165) is 5.56 Å². The van der Waals surface area contributed by atoms with E-state index in [0.29, 0.717) is 50.5 Å². The number of cyclic esters (lactones) is 1. The molecule has 1 aromatic carbocycles. The van der Waals surface area contributed by atoms with Crippen LogP contribution >= 0.6 is 0 Å². The Hall–Kier alpha value is -3.77. The van der Waals surface area contributed by atoms with E-state index in [1.54, 1.807) is 39.5 Å². The number of aliphatic hydroxyl groups is 1. The molecule has 3 aliphatic rings. The summed E-state index contributed by atoms with van der Waals surface area (Å²) in [6.45, 7) is 14.2. The van der Waals surface area contributed by atoms with Crippen molar-refractivity contribution in [1.29, 1.82) is 0 Å². The van der Waals surface area contributed by atoms with Gasteiger partial charge in [-0.05, 0) is 91.2 Å². The molecule has 0 saturated carbocycles. The highest BCUT2D eigenvalue weighted by molar-refractivity contribution is 6.00. The molecule has 4 N–H and O–H groups in total. The zero-order valence-corrected chi connectivity index (χ0v) is 35.6. The maximum Gasteiger partial charge on any atom is 0.408 e. The third-order valence-electron chi connectivity index (χ3n) is 12.1. The normalized spacial score (nSPS) is 36.6. The van der Waals surface area contributed by atoms with Crippen LogP contribution in [0.15, 0.2) is 42.9 Å². The number of fused-ring (bicyclic) bond motifs is 1. The van der Waals surface area contributed by atoms with Crippen molar-refractivity contribution in [1.82, 2.24) is 30.8 Å². The average Bonchev–Trinajstić information content (AvgIpc) is 3.52. The van der Waals surface area contributed by atoms with Crippen molar-refractivity contribution in [3.05, 3.63) is 48.4 Å². The second-order valence-electron chi connectivity index (χ2n) is 16.8. The monoisotopic (exact) mass is 812 g/mol. The van der Waals surface area contributed by atoms with Crippen molar-refractivity contribution in [2.75, 3.05) is 34.3 Å². The van der Waals surface area contributed by atoms with Crippen molar-refractivity contribution < 1.29 is 47.9 Å². The zero-order chi connectivity index (χ0) is 42.4. The number of ether oxygens (including phenoxy) is 6. The molecule has 0 bridgehead atoms. The number of carbonyl (C=O) groups excluding carboxylic acids is 3. The molecule has 0 radical (unpaired) electrons. The number of alkyl carbamates (subject to hydrolysis) is 1. The first-order valence-corrected chi connectivity index (χ1v) is 20.4. The molecule has 4 heterocycles. The van der Waals surface area contributed by atoms with Crippen LogP contribution in [0.5, 0.6) is 11.6 Å². The quantitative estimate of drug-likeness (QED) is 0.190. The Morgan fingerprint density at radius 1 is 1.10 bits per heavy atom. The van der Waals surface area contributed by atoms with Crippen LogP contribution in [0.1, 0.15) is 73.3 Å². The van der Waals surface area contributed by atoms with E-state index < -0.39 is 71.5 Å². The van der Waals surface area contributed by atoms with Gasteiger partial charge in [0, 0.05) is 50.6 Å². The predicted octanol–water partition coefficient (Wildman–Crippen LogP) is 3.60. The second kappa shape index (κ2) is 19.5. The highest BCUT2D eigenvalue weighted by Crippen LogP contribution is 2.38. The summed E-state index contributed by atoms with van der Waals surface area (Å²) in [7, 11) is 5.37. The maximum absolute atomic E-state index is 14.4. The van der Waals surface area contributed by atoms with E-state index >= 15 is 0 Å². The molecule has 3 saturated heterocycles. The number of amides is 1. The average molecular weight is 813 g/mol. The van der Waals surface area contributed by atoms with Crippen LogP contribution in [0.4, 0.5) is 4.79 Å². The van der Waals surface area contributed by atoms with Crippen molar-refractivity contribution in [3.8, 4) is 11.6 Å². The van der Waals surface area contributed by atoms with Gasteiger partial charge in [-0.2, -0.15) is 0 Å². The number of hydrogen-bond donors (Lipinski definition) is 4. The van der Waals surface area contributed by atoms with E-state index in [4.69, 9.17) is 28.4 Å². The van der Waals surface area contributed by atoms with Gasteiger partial charge in [-0.25, -0.2) is 9.78 Å². The molecule has 13 atom stereocenters. The number of likely N-dealkylation sites (N-methyl/N-ethyl adjacent to an activating group) is 1. The number of aromatic nitrogens is 2. The van der Waals surface area contributed by atoms with Gasteiger partial charge in [0.15, 0.2) is 17.7 Å².